The Morgan fingerprint density at radius 1 is 1.17 bits per heavy atom. The first kappa shape index (κ1) is 12.8. The van der Waals surface area contributed by atoms with E-state index >= 15 is 0 Å². The minimum absolute atomic E-state index is 0.0645. The summed E-state index contributed by atoms with van der Waals surface area (Å²) in [7, 11) is 0. The summed E-state index contributed by atoms with van der Waals surface area (Å²) >= 11 is 0. The fourth-order valence-electron chi connectivity index (χ4n) is 2.34. The lowest BCUT2D eigenvalue weighted by Crippen LogP contribution is -2.15. The fraction of sp³-hybridized carbons (Fsp3) is 0.312. The molecule has 0 radical (unpaired) electrons. The number of Topliss-reactive ketones (excluding diaryl/α,β-unsaturated/α-hetero) is 1. The van der Waals surface area contributed by atoms with Gasteiger partial charge in [0.25, 0.3) is 0 Å². The molecule has 0 bridgehead atoms. The lowest BCUT2D eigenvalue weighted by atomic mass is 9.90. The number of ketones is 1. The highest BCUT2D eigenvalue weighted by Crippen LogP contribution is 2.22. The van der Waals surface area contributed by atoms with Crippen LogP contribution in [0.5, 0.6) is 0 Å². The number of aliphatic hydroxyl groups excluding tert-OH is 1. The molecule has 2 heteroatoms. The first-order valence-corrected chi connectivity index (χ1v) is 6.30. The van der Waals surface area contributed by atoms with Gasteiger partial charge in [-0.2, -0.15) is 0 Å². The summed E-state index contributed by atoms with van der Waals surface area (Å²) < 4.78 is 0. The Balaban J connectivity index is 2.33. The summed E-state index contributed by atoms with van der Waals surface area (Å²) in [5.74, 6) is 0.0674. The maximum Gasteiger partial charge on any atom is 0.133 e. The molecule has 1 N–H and O–H groups in total. The van der Waals surface area contributed by atoms with E-state index in [2.05, 4.69) is 24.3 Å². The molecule has 0 aliphatic rings. The third-order valence-electron chi connectivity index (χ3n) is 3.40. The van der Waals surface area contributed by atoms with Crippen molar-refractivity contribution in [3.63, 3.8) is 0 Å². The van der Waals surface area contributed by atoms with Crippen molar-refractivity contribution in [3.05, 3.63) is 48.0 Å². The molecule has 2 aromatic rings. The van der Waals surface area contributed by atoms with Gasteiger partial charge in [-0.3, -0.25) is 4.79 Å². The van der Waals surface area contributed by atoms with Crippen molar-refractivity contribution in [2.75, 3.05) is 6.61 Å². The number of carbonyl (C=O) groups is 1. The Kier molecular flexibility index (Phi) is 4.11. The molecule has 0 saturated carbocycles. The zero-order valence-electron chi connectivity index (χ0n) is 10.6. The van der Waals surface area contributed by atoms with Crippen LogP contribution in [0.25, 0.3) is 10.8 Å². The van der Waals surface area contributed by atoms with Crippen LogP contribution in [-0.4, -0.2) is 17.5 Å². The minimum Gasteiger partial charge on any atom is -0.396 e. The van der Waals surface area contributed by atoms with Crippen molar-refractivity contribution in [1.29, 1.82) is 0 Å². The molecule has 0 spiro atoms. The maximum atomic E-state index is 11.6. The highest BCUT2D eigenvalue weighted by Gasteiger charge is 2.15. The predicted molar refractivity (Wildman–Crippen MR) is 73.5 cm³/mol. The summed E-state index contributed by atoms with van der Waals surface area (Å²) in [6, 6.07) is 14.4. The number of carbonyl (C=O) groups excluding carboxylic acids is 1. The third-order valence-corrected chi connectivity index (χ3v) is 3.40. The molecular weight excluding hydrogens is 224 g/mol. The van der Waals surface area contributed by atoms with Gasteiger partial charge in [0.1, 0.15) is 5.78 Å². The van der Waals surface area contributed by atoms with Gasteiger partial charge in [-0.05, 0) is 36.1 Å². The molecule has 1 unspecified atom stereocenters. The lowest BCUT2D eigenvalue weighted by Gasteiger charge is -2.14. The van der Waals surface area contributed by atoms with Gasteiger partial charge in [-0.15, -0.1) is 0 Å². The van der Waals surface area contributed by atoms with Gasteiger partial charge >= 0.3 is 0 Å². The second kappa shape index (κ2) is 5.78. The average molecular weight is 242 g/mol. The van der Waals surface area contributed by atoms with Crippen molar-refractivity contribution < 1.29 is 9.90 Å². The van der Waals surface area contributed by atoms with E-state index in [1.54, 1.807) is 6.92 Å². The van der Waals surface area contributed by atoms with Crippen molar-refractivity contribution in [1.82, 2.24) is 0 Å². The third kappa shape index (κ3) is 2.77. The van der Waals surface area contributed by atoms with Crippen LogP contribution in [-0.2, 0) is 11.2 Å². The van der Waals surface area contributed by atoms with E-state index in [1.807, 2.05) is 18.2 Å². The number of rotatable bonds is 5. The topological polar surface area (TPSA) is 37.3 Å². The summed E-state index contributed by atoms with van der Waals surface area (Å²) in [4.78, 5) is 11.6. The summed E-state index contributed by atoms with van der Waals surface area (Å²) in [6.07, 6.45) is 1.25. The number of benzene rings is 2. The Morgan fingerprint density at radius 3 is 2.61 bits per heavy atom. The zero-order chi connectivity index (χ0) is 13.0. The van der Waals surface area contributed by atoms with Crippen LogP contribution in [0.15, 0.2) is 42.5 Å². The first-order valence-electron chi connectivity index (χ1n) is 6.30. The quantitative estimate of drug-likeness (QED) is 0.875. The van der Waals surface area contributed by atoms with E-state index < -0.39 is 0 Å². The molecule has 18 heavy (non-hydrogen) atoms. The van der Waals surface area contributed by atoms with Crippen molar-refractivity contribution in [2.24, 2.45) is 5.92 Å². The SMILES string of the molecule is CC(=O)C(CCO)Cc1cccc2ccccc12. The second-order valence-corrected chi connectivity index (χ2v) is 4.66. The highest BCUT2D eigenvalue weighted by molar-refractivity contribution is 5.86. The van der Waals surface area contributed by atoms with E-state index in [9.17, 15) is 4.79 Å². The molecule has 94 valence electrons. The summed E-state index contributed by atoms with van der Waals surface area (Å²) in [5.41, 5.74) is 1.18. The molecule has 2 nitrogen and oxygen atoms in total. The van der Waals surface area contributed by atoms with Gasteiger partial charge in [-0.1, -0.05) is 42.5 Å². The Hall–Kier alpha value is -1.67. The molecule has 0 heterocycles. The molecule has 1 atom stereocenters. The normalized spacial score (nSPS) is 12.6. The van der Waals surface area contributed by atoms with E-state index in [0.717, 1.165) is 0 Å². The van der Waals surface area contributed by atoms with E-state index in [0.29, 0.717) is 12.8 Å². The molecule has 0 aliphatic heterocycles. The predicted octanol–water partition coefficient (Wildman–Crippen LogP) is 2.97. The summed E-state index contributed by atoms with van der Waals surface area (Å²) in [5, 5.41) is 11.4. The van der Waals surface area contributed by atoms with Gasteiger partial charge in [0.2, 0.25) is 0 Å². The summed E-state index contributed by atoms with van der Waals surface area (Å²) in [6.45, 7) is 1.67. The smallest absolute Gasteiger partial charge is 0.133 e. The van der Waals surface area contributed by atoms with Crippen LogP contribution < -0.4 is 0 Å². The van der Waals surface area contributed by atoms with Crippen LogP contribution in [0, 0.1) is 5.92 Å². The van der Waals surface area contributed by atoms with E-state index in [1.165, 1.54) is 16.3 Å². The van der Waals surface area contributed by atoms with E-state index in [4.69, 9.17) is 5.11 Å². The van der Waals surface area contributed by atoms with Gasteiger partial charge in [0.15, 0.2) is 0 Å². The van der Waals surface area contributed by atoms with Gasteiger partial charge < -0.3 is 5.11 Å². The number of aliphatic hydroxyl groups is 1. The van der Waals surface area contributed by atoms with Crippen LogP contribution >= 0.6 is 0 Å². The Bertz CT molecular complexity index is 540. The molecule has 0 fully saturated rings. The van der Waals surface area contributed by atoms with Crippen LogP contribution in [0.2, 0.25) is 0 Å². The van der Waals surface area contributed by atoms with Gasteiger partial charge in [0, 0.05) is 12.5 Å². The molecule has 2 rings (SSSR count). The molecule has 0 aliphatic carbocycles. The largest absolute Gasteiger partial charge is 0.396 e. The Labute approximate surface area is 107 Å². The number of hydrogen-bond donors (Lipinski definition) is 1. The fourth-order valence-corrected chi connectivity index (χ4v) is 2.34. The monoisotopic (exact) mass is 242 g/mol. The van der Waals surface area contributed by atoms with Gasteiger partial charge in [0.05, 0.1) is 0 Å². The van der Waals surface area contributed by atoms with Crippen molar-refractivity contribution in [2.45, 2.75) is 19.8 Å². The standard InChI is InChI=1S/C16H18O2/c1-12(18)14(9-10-17)11-15-7-4-6-13-5-2-3-8-16(13)15/h2-8,14,17H,9-11H2,1H3. The maximum absolute atomic E-state index is 11.6. The molecular formula is C16H18O2. The average Bonchev–Trinajstić information content (AvgIpc) is 2.38. The Morgan fingerprint density at radius 2 is 1.89 bits per heavy atom. The first-order chi connectivity index (χ1) is 8.72. The van der Waals surface area contributed by atoms with Gasteiger partial charge in [-0.25, -0.2) is 0 Å². The molecule has 0 saturated heterocycles. The van der Waals surface area contributed by atoms with Crippen LogP contribution in [0.4, 0.5) is 0 Å². The van der Waals surface area contributed by atoms with E-state index in [-0.39, 0.29) is 18.3 Å². The minimum atomic E-state index is -0.0826. The second-order valence-electron chi connectivity index (χ2n) is 4.66. The lowest BCUT2D eigenvalue weighted by molar-refractivity contribution is -0.121. The molecule has 0 amide bonds. The van der Waals surface area contributed by atoms with Crippen molar-refractivity contribution in [3.8, 4) is 0 Å². The van der Waals surface area contributed by atoms with Crippen LogP contribution in [0.3, 0.4) is 0 Å². The molecule has 2 aromatic carbocycles. The zero-order valence-corrected chi connectivity index (χ0v) is 10.6. The number of hydrogen-bond acceptors (Lipinski definition) is 2. The van der Waals surface area contributed by atoms with Crippen LogP contribution in [0.1, 0.15) is 18.9 Å². The molecule has 0 aromatic heterocycles. The highest BCUT2D eigenvalue weighted by atomic mass is 16.3. The van der Waals surface area contributed by atoms with Crippen molar-refractivity contribution >= 4 is 16.6 Å². The number of fused-ring (bicyclic) bond motifs is 1.